The van der Waals surface area contributed by atoms with Crippen LogP contribution >= 0.6 is 0 Å². The zero-order chi connectivity index (χ0) is 20.1. The van der Waals surface area contributed by atoms with Crippen molar-refractivity contribution in [3.8, 4) is 11.5 Å². The number of methoxy groups -OCH3 is 2. The van der Waals surface area contributed by atoms with Crippen molar-refractivity contribution in [2.75, 3.05) is 32.6 Å². The van der Waals surface area contributed by atoms with Gasteiger partial charge in [-0.15, -0.1) is 0 Å². The van der Waals surface area contributed by atoms with Crippen LogP contribution in [0.1, 0.15) is 12.8 Å². The van der Waals surface area contributed by atoms with Crippen LogP contribution in [-0.2, 0) is 14.8 Å². The zero-order valence-corrected chi connectivity index (χ0v) is 16.6. The van der Waals surface area contributed by atoms with E-state index >= 15 is 0 Å². The number of carbonyl (C=O) groups is 1. The maximum Gasteiger partial charge on any atom is 0.244 e. The second-order valence-electron chi connectivity index (χ2n) is 6.45. The summed E-state index contributed by atoms with van der Waals surface area (Å²) in [6.45, 7) is 0.508. The first-order valence-corrected chi connectivity index (χ1v) is 10.3. The molecule has 2 heterocycles. The second kappa shape index (κ2) is 8.57. The number of anilines is 1. The van der Waals surface area contributed by atoms with E-state index in [1.165, 1.54) is 29.9 Å². The molecule has 28 heavy (non-hydrogen) atoms. The topological polar surface area (TPSA) is 97.8 Å². The van der Waals surface area contributed by atoms with Gasteiger partial charge < -0.3 is 14.8 Å². The molecule has 0 saturated carbocycles. The van der Waals surface area contributed by atoms with Gasteiger partial charge in [-0.3, -0.25) is 9.78 Å². The number of aromatic nitrogens is 1. The van der Waals surface area contributed by atoms with Crippen molar-refractivity contribution >= 4 is 21.6 Å². The fourth-order valence-corrected chi connectivity index (χ4v) is 4.65. The van der Waals surface area contributed by atoms with Gasteiger partial charge in [0, 0.05) is 31.5 Å². The van der Waals surface area contributed by atoms with Gasteiger partial charge in [0.05, 0.1) is 25.8 Å². The molecular weight excluding hydrogens is 382 g/mol. The molecule has 0 unspecified atom stereocenters. The van der Waals surface area contributed by atoms with E-state index in [-0.39, 0.29) is 17.3 Å². The van der Waals surface area contributed by atoms with Gasteiger partial charge in [0.15, 0.2) is 0 Å². The lowest BCUT2D eigenvalue weighted by atomic mass is 9.98. The average molecular weight is 405 g/mol. The molecule has 2 aromatic rings. The first-order valence-electron chi connectivity index (χ1n) is 8.88. The summed E-state index contributed by atoms with van der Waals surface area (Å²) in [6, 6.07) is 8.18. The molecule has 1 aromatic carbocycles. The number of amides is 1. The summed E-state index contributed by atoms with van der Waals surface area (Å²) in [5.41, 5.74) is 0.514. The fourth-order valence-electron chi connectivity index (χ4n) is 3.16. The first kappa shape index (κ1) is 20.1. The summed E-state index contributed by atoms with van der Waals surface area (Å²) in [5, 5.41) is 2.84. The van der Waals surface area contributed by atoms with Crippen molar-refractivity contribution in [1.82, 2.24) is 9.29 Å². The molecule has 3 rings (SSSR count). The van der Waals surface area contributed by atoms with E-state index in [9.17, 15) is 13.2 Å². The molecule has 0 radical (unpaired) electrons. The van der Waals surface area contributed by atoms with Crippen molar-refractivity contribution in [2.45, 2.75) is 17.7 Å². The highest BCUT2D eigenvalue weighted by molar-refractivity contribution is 7.89. The Bertz CT molecular complexity index is 934. The van der Waals surface area contributed by atoms with Crippen LogP contribution in [0.15, 0.2) is 47.6 Å². The number of benzene rings is 1. The Morgan fingerprint density at radius 2 is 2.07 bits per heavy atom. The molecule has 150 valence electrons. The predicted octanol–water partition coefficient (Wildman–Crippen LogP) is 2.14. The molecule has 1 aliphatic heterocycles. The quantitative estimate of drug-likeness (QED) is 0.791. The highest BCUT2D eigenvalue weighted by Crippen LogP contribution is 2.30. The van der Waals surface area contributed by atoms with Crippen LogP contribution in [0.2, 0.25) is 0 Å². The summed E-state index contributed by atoms with van der Waals surface area (Å²) >= 11 is 0. The molecule has 0 aliphatic carbocycles. The van der Waals surface area contributed by atoms with Gasteiger partial charge in [0.25, 0.3) is 0 Å². The number of carbonyl (C=O) groups excluding carboxylic acids is 1. The van der Waals surface area contributed by atoms with E-state index in [4.69, 9.17) is 9.47 Å². The Balaban J connectivity index is 1.73. The maximum atomic E-state index is 12.8. The number of ether oxygens (including phenoxy) is 2. The van der Waals surface area contributed by atoms with Crippen molar-refractivity contribution in [3.05, 3.63) is 42.7 Å². The number of piperidine rings is 1. The smallest absolute Gasteiger partial charge is 0.244 e. The number of nitrogens with one attached hydrogen (secondary N) is 1. The van der Waals surface area contributed by atoms with Gasteiger partial charge >= 0.3 is 0 Å². The lowest BCUT2D eigenvalue weighted by Crippen LogP contribution is -2.43. The molecule has 1 amide bonds. The number of sulfonamides is 1. The molecule has 1 fully saturated rings. The van der Waals surface area contributed by atoms with Crippen molar-refractivity contribution in [3.63, 3.8) is 0 Å². The lowest BCUT2D eigenvalue weighted by Gasteiger charge is -2.31. The zero-order valence-electron chi connectivity index (χ0n) is 15.8. The van der Waals surface area contributed by atoms with Crippen molar-refractivity contribution < 1.29 is 22.7 Å². The van der Waals surface area contributed by atoms with Gasteiger partial charge in [-0.1, -0.05) is 0 Å². The third-order valence-corrected chi connectivity index (χ3v) is 6.54. The number of pyridine rings is 1. The molecule has 1 atom stereocenters. The van der Waals surface area contributed by atoms with E-state index in [0.29, 0.717) is 36.6 Å². The third-order valence-electron chi connectivity index (χ3n) is 4.69. The minimum atomic E-state index is -3.67. The van der Waals surface area contributed by atoms with Crippen molar-refractivity contribution in [2.24, 2.45) is 5.92 Å². The Kier molecular flexibility index (Phi) is 6.15. The largest absolute Gasteiger partial charge is 0.497 e. The number of hydrogen-bond acceptors (Lipinski definition) is 6. The van der Waals surface area contributed by atoms with Gasteiger partial charge in [-0.05, 0) is 37.1 Å². The first-order chi connectivity index (χ1) is 13.5. The monoisotopic (exact) mass is 405 g/mol. The number of rotatable bonds is 6. The molecule has 1 saturated heterocycles. The average Bonchev–Trinajstić information content (AvgIpc) is 2.74. The molecule has 1 aromatic heterocycles. The molecule has 0 bridgehead atoms. The van der Waals surface area contributed by atoms with E-state index in [0.717, 1.165) is 0 Å². The summed E-state index contributed by atoms with van der Waals surface area (Å²) in [5.74, 6) is 0.395. The van der Waals surface area contributed by atoms with Gasteiger partial charge in [-0.25, -0.2) is 8.42 Å². The summed E-state index contributed by atoms with van der Waals surface area (Å²) in [6.07, 6.45) is 4.07. The predicted molar refractivity (Wildman–Crippen MR) is 104 cm³/mol. The van der Waals surface area contributed by atoms with Crippen LogP contribution in [0.3, 0.4) is 0 Å². The number of nitrogens with zero attached hydrogens (tertiary/aromatic N) is 2. The Morgan fingerprint density at radius 3 is 2.75 bits per heavy atom. The molecule has 8 nitrogen and oxygen atoms in total. The van der Waals surface area contributed by atoms with Crippen LogP contribution in [-0.4, -0.2) is 50.9 Å². The Labute approximate surface area is 164 Å². The second-order valence-corrected chi connectivity index (χ2v) is 8.38. The van der Waals surface area contributed by atoms with Crippen molar-refractivity contribution in [1.29, 1.82) is 0 Å². The molecule has 0 spiro atoms. The Hall–Kier alpha value is -2.65. The molecular formula is C19H23N3O5S. The van der Waals surface area contributed by atoms with Crippen LogP contribution in [0.4, 0.5) is 5.69 Å². The molecule has 9 heteroatoms. The highest BCUT2D eigenvalue weighted by atomic mass is 32.2. The lowest BCUT2D eigenvalue weighted by molar-refractivity contribution is -0.120. The summed E-state index contributed by atoms with van der Waals surface area (Å²) in [4.78, 5) is 16.8. The van der Waals surface area contributed by atoms with E-state index < -0.39 is 15.9 Å². The van der Waals surface area contributed by atoms with Crippen LogP contribution < -0.4 is 14.8 Å². The van der Waals surface area contributed by atoms with Crippen LogP contribution in [0.25, 0.3) is 0 Å². The SMILES string of the molecule is COc1ccc(NC(=O)[C@H]2CCCN(S(=O)(=O)c3cccnc3)C2)c(OC)c1. The summed E-state index contributed by atoms with van der Waals surface area (Å²) < 4.78 is 37.4. The highest BCUT2D eigenvalue weighted by Gasteiger charge is 2.33. The van der Waals surface area contributed by atoms with Gasteiger partial charge in [0.2, 0.25) is 15.9 Å². The van der Waals surface area contributed by atoms with Crippen LogP contribution in [0.5, 0.6) is 11.5 Å². The molecule has 1 aliphatic rings. The third kappa shape index (κ3) is 4.26. The van der Waals surface area contributed by atoms with Gasteiger partial charge in [0.1, 0.15) is 16.4 Å². The minimum Gasteiger partial charge on any atom is -0.497 e. The maximum absolute atomic E-state index is 12.8. The summed E-state index contributed by atoms with van der Waals surface area (Å²) in [7, 11) is -0.618. The van der Waals surface area contributed by atoms with E-state index in [1.54, 1.807) is 31.4 Å². The minimum absolute atomic E-state index is 0.127. The van der Waals surface area contributed by atoms with Crippen LogP contribution in [0, 0.1) is 5.92 Å². The standard InChI is InChI=1S/C19H23N3O5S/c1-26-15-7-8-17(18(11-15)27-2)21-19(23)14-5-4-10-22(13-14)28(24,25)16-6-3-9-20-12-16/h3,6-9,11-12,14H,4-5,10,13H2,1-2H3,(H,21,23)/t14-/m0/s1. The normalized spacial score (nSPS) is 17.7. The number of hydrogen-bond donors (Lipinski definition) is 1. The fraction of sp³-hybridized carbons (Fsp3) is 0.368. The van der Waals surface area contributed by atoms with E-state index in [1.807, 2.05) is 0 Å². The molecule has 1 N–H and O–H groups in total. The van der Waals surface area contributed by atoms with Gasteiger partial charge in [-0.2, -0.15) is 4.31 Å². The Morgan fingerprint density at radius 1 is 1.25 bits per heavy atom. The van der Waals surface area contributed by atoms with E-state index in [2.05, 4.69) is 10.3 Å².